The molecule has 0 aromatic carbocycles. The first-order chi connectivity index (χ1) is 11.7. The molecule has 1 saturated heterocycles. The molecule has 6 heteroatoms. The van der Waals surface area contributed by atoms with E-state index < -0.39 is 0 Å². The van der Waals surface area contributed by atoms with E-state index in [0.29, 0.717) is 0 Å². The van der Waals surface area contributed by atoms with Crippen LogP contribution in [0.2, 0.25) is 0 Å². The average molecular weight is 384 g/mol. The second-order valence-corrected chi connectivity index (χ2v) is 7.02. The summed E-state index contributed by atoms with van der Waals surface area (Å²) in [7, 11) is 4.03. The molecule has 1 aliphatic carbocycles. The van der Waals surface area contributed by atoms with Crippen LogP contribution in [0.25, 0.3) is 0 Å². The Kier molecular flexibility index (Phi) is 11.7. The SMILES string of the molecule is CC1=CC(=O)C(C)=CC1.CCN(C)CC.CCN1CC(=S)N(C)C1=S. The van der Waals surface area contributed by atoms with Crippen molar-refractivity contribution < 1.29 is 4.79 Å². The molecule has 142 valence electrons. The van der Waals surface area contributed by atoms with E-state index in [0.717, 1.165) is 53.8 Å². The van der Waals surface area contributed by atoms with Crippen molar-refractivity contribution >= 4 is 40.3 Å². The average Bonchev–Trinajstić information content (AvgIpc) is 2.85. The van der Waals surface area contributed by atoms with Crippen LogP contribution >= 0.6 is 24.4 Å². The number of rotatable bonds is 3. The van der Waals surface area contributed by atoms with Gasteiger partial charge < -0.3 is 14.7 Å². The van der Waals surface area contributed by atoms with Gasteiger partial charge >= 0.3 is 0 Å². The molecule has 0 N–H and O–H groups in total. The minimum absolute atomic E-state index is 0.166. The van der Waals surface area contributed by atoms with E-state index in [2.05, 4.69) is 37.6 Å². The molecule has 1 heterocycles. The first-order valence-corrected chi connectivity index (χ1v) is 9.61. The lowest BCUT2D eigenvalue weighted by atomic mass is 10.0. The summed E-state index contributed by atoms with van der Waals surface area (Å²) in [6, 6.07) is 0. The molecular formula is C19H33N3OS2. The summed E-state index contributed by atoms with van der Waals surface area (Å²) in [6.07, 6.45) is 4.62. The minimum Gasteiger partial charge on any atom is -0.342 e. The van der Waals surface area contributed by atoms with Crippen LogP contribution in [-0.2, 0) is 4.79 Å². The number of allylic oxidation sites excluding steroid dienone is 4. The monoisotopic (exact) mass is 383 g/mol. The van der Waals surface area contributed by atoms with Crippen LogP contribution < -0.4 is 0 Å². The van der Waals surface area contributed by atoms with E-state index in [1.54, 1.807) is 6.08 Å². The summed E-state index contributed by atoms with van der Waals surface area (Å²) in [5.41, 5.74) is 2.03. The lowest BCUT2D eigenvalue weighted by Crippen LogP contribution is -2.29. The Balaban J connectivity index is 0.000000358. The van der Waals surface area contributed by atoms with E-state index in [1.165, 1.54) is 0 Å². The van der Waals surface area contributed by atoms with Gasteiger partial charge in [-0.15, -0.1) is 0 Å². The Morgan fingerprint density at radius 2 is 1.72 bits per heavy atom. The quantitative estimate of drug-likeness (QED) is 0.690. The van der Waals surface area contributed by atoms with Crippen LogP contribution in [0.5, 0.6) is 0 Å². The molecule has 0 amide bonds. The number of likely N-dealkylation sites (N-methyl/N-ethyl adjacent to an activating group) is 2. The third-order valence-electron chi connectivity index (χ3n) is 4.22. The number of hydrogen-bond donors (Lipinski definition) is 0. The zero-order valence-electron chi connectivity index (χ0n) is 16.8. The summed E-state index contributed by atoms with van der Waals surface area (Å²) in [5, 5.41) is 0.854. The number of thiocarbonyl (C=S) groups is 2. The van der Waals surface area contributed by atoms with Gasteiger partial charge in [0.05, 0.1) is 6.54 Å². The van der Waals surface area contributed by atoms with Crippen molar-refractivity contribution in [2.75, 3.05) is 40.3 Å². The molecule has 2 rings (SSSR count). The lowest BCUT2D eigenvalue weighted by Gasteiger charge is -2.14. The number of hydrogen-bond acceptors (Lipinski definition) is 4. The fraction of sp³-hybridized carbons (Fsp3) is 0.632. The van der Waals surface area contributed by atoms with Crippen molar-refractivity contribution in [1.82, 2.24) is 14.7 Å². The molecule has 0 saturated carbocycles. The van der Waals surface area contributed by atoms with Crippen molar-refractivity contribution in [1.29, 1.82) is 0 Å². The molecule has 0 aromatic heterocycles. The zero-order chi connectivity index (χ0) is 19.6. The smallest absolute Gasteiger partial charge is 0.181 e. The van der Waals surface area contributed by atoms with Gasteiger partial charge in [0.25, 0.3) is 0 Å². The second kappa shape index (κ2) is 12.3. The van der Waals surface area contributed by atoms with Crippen molar-refractivity contribution in [3.63, 3.8) is 0 Å². The summed E-state index contributed by atoms with van der Waals surface area (Å²) < 4.78 is 0. The van der Waals surface area contributed by atoms with Gasteiger partial charge in [-0.1, -0.05) is 37.7 Å². The molecule has 4 nitrogen and oxygen atoms in total. The van der Waals surface area contributed by atoms with Crippen LogP contribution in [0.15, 0.2) is 23.3 Å². The van der Waals surface area contributed by atoms with Crippen molar-refractivity contribution in [3.8, 4) is 0 Å². The number of carbonyl (C=O) groups is 1. The molecule has 0 aromatic rings. The molecule has 1 aliphatic heterocycles. The third-order valence-corrected chi connectivity index (χ3v) is 5.15. The molecule has 1 fully saturated rings. The Hall–Kier alpha value is -1.11. The molecular weight excluding hydrogens is 350 g/mol. The topological polar surface area (TPSA) is 26.8 Å². The van der Waals surface area contributed by atoms with Crippen LogP contribution in [0.1, 0.15) is 41.0 Å². The third kappa shape index (κ3) is 8.70. The van der Waals surface area contributed by atoms with Gasteiger partial charge in [-0.25, -0.2) is 0 Å². The predicted octanol–water partition coefficient (Wildman–Crippen LogP) is 3.68. The highest BCUT2D eigenvalue weighted by molar-refractivity contribution is 7.82. The fourth-order valence-corrected chi connectivity index (χ4v) is 2.54. The summed E-state index contributed by atoms with van der Waals surface area (Å²) >= 11 is 10.2. The van der Waals surface area contributed by atoms with Gasteiger partial charge in [0.1, 0.15) is 4.99 Å². The number of nitrogens with zero attached hydrogens (tertiary/aromatic N) is 3. The summed E-state index contributed by atoms with van der Waals surface area (Å²) in [6.45, 7) is 14.3. The highest BCUT2D eigenvalue weighted by Gasteiger charge is 2.24. The first-order valence-electron chi connectivity index (χ1n) is 8.80. The van der Waals surface area contributed by atoms with Crippen molar-refractivity contribution in [2.24, 2.45) is 0 Å². The predicted molar refractivity (Wildman–Crippen MR) is 116 cm³/mol. The molecule has 0 atom stereocenters. The maximum atomic E-state index is 10.9. The van der Waals surface area contributed by atoms with E-state index in [-0.39, 0.29) is 5.78 Å². The summed E-state index contributed by atoms with van der Waals surface area (Å²) in [4.78, 5) is 18.0. The van der Waals surface area contributed by atoms with Crippen molar-refractivity contribution in [2.45, 2.75) is 41.0 Å². The molecule has 0 bridgehead atoms. The van der Waals surface area contributed by atoms with Gasteiger partial charge in [0.15, 0.2) is 10.9 Å². The van der Waals surface area contributed by atoms with E-state index in [9.17, 15) is 4.79 Å². The Labute approximate surface area is 164 Å². The van der Waals surface area contributed by atoms with E-state index in [1.807, 2.05) is 31.9 Å². The molecule has 0 unspecified atom stereocenters. The first kappa shape index (κ1) is 23.9. The van der Waals surface area contributed by atoms with Crippen LogP contribution in [0, 0.1) is 0 Å². The number of carbonyl (C=O) groups excluding carboxylic acids is 1. The lowest BCUT2D eigenvalue weighted by molar-refractivity contribution is -0.111. The fourth-order valence-electron chi connectivity index (χ4n) is 1.94. The molecule has 0 spiro atoms. The van der Waals surface area contributed by atoms with Gasteiger partial charge in [-0.3, -0.25) is 4.79 Å². The van der Waals surface area contributed by atoms with Gasteiger partial charge in [0.2, 0.25) is 0 Å². The zero-order valence-corrected chi connectivity index (χ0v) is 18.4. The standard InChI is InChI=1S/C8H10O.C6H10N2S2.C5H13N/c1-6-3-4-7(2)8(9)5-6;1-3-8-4-5(9)7(2)6(8)10;1-4-6(3)5-2/h4-5H,3H2,1-2H3;3-4H2,1-2H3;4-5H2,1-3H3. The highest BCUT2D eigenvalue weighted by Crippen LogP contribution is 2.12. The maximum absolute atomic E-state index is 10.9. The van der Waals surface area contributed by atoms with E-state index in [4.69, 9.17) is 24.4 Å². The van der Waals surface area contributed by atoms with Gasteiger partial charge in [-0.05, 0) is 71.2 Å². The molecule has 25 heavy (non-hydrogen) atoms. The second-order valence-electron chi connectivity index (χ2n) is 6.18. The normalized spacial score (nSPS) is 16.9. The Morgan fingerprint density at radius 3 is 1.96 bits per heavy atom. The van der Waals surface area contributed by atoms with E-state index >= 15 is 0 Å². The van der Waals surface area contributed by atoms with Crippen LogP contribution in [0.4, 0.5) is 0 Å². The maximum Gasteiger partial charge on any atom is 0.181 e. The van der Waals surface area contributed by atoms with Crippen LogP contribution in [0.3, 0.4) is 0 Å². The molecule has 2 aliphatic rings. The highest BCUT2D eigenvalue weighted by atomic mass is 32.1. The Morgan fingerprint density at radius 1 is 1.16 bits per heavy atom. The largest absolute Gasteiger partial charge is 0.342 e. The Bertz CT molecular complexity index is 537. The number of ketones is 1. The van der Waals surface area contributed by atoms with Crippen molar-refractivity contribution in [3.05, 3.63) is 23.3 Å². The van der Waals surface area contributed by atoms with Crippen LogP contribution in [-0.4, -0.2) is 70.9 Å². The molecule has 0 radical (unpaired) electrons. The van der Waals surface area contributed by atoms with Gasteiger partial charge in [-0.2, -0.15) is 0 Å². The summed E-state index contributed by atoms with van der Waals surface area (Å²) in [5.74, 6) is 0.166. The van der Waals surface area contributed by atoms with Gasteiger partial charge in [0, 0.05) is 13.6 Å². The minimum atomic E-state index is 0.166.